The Labute approximate surface area is 85.9 Å². The van der Waals surface area contributed by atoms with E-state index < -0.39 is 5.97 Å². The average molecular weight is 205 g/mol. The third-order valence-electron chi connectivity index (χ3n) is 2.15. The Balaban J connectivity index is 2.42. The van der Waals surface area contributed by atoms with E-state index in [1.54, 1.807) is 0 Å². The summed E-state index contributed by atoms with van der Waals surface area (Å²) in [5.41, 5.74) is 8.09. The maximum atomic E-state index is 10.5. The molecule has 0 bridgehead atoms. The molecule has 0 saturated carbocycles. The smallest absolute Gasteiger partial charge is 0.311 e. The van der Waals surface area contributed by atoms with E-state index in [0.717, 1.165) is 16.6 Å². The van der Waals surface area contributed by atoms with E-state index in [2.05, 4.69) is 9.97 Å². The van der Waals surface area contributed by atoms with E-state index in [9.17, 15) is 4.79 Å². The molecule has 0 unspecified atom stereocenters. The summed E-state index contributed by atoms with van der Waals surface area (Å²) in [6.07, 6.45) is -0.0906. The van der Waals surface area contributed by atoms with E-state index in [4.69, 9.17) is 10.8 Å². The molecule has 15 heavy (non-hydrogen) atoms. The first-order chi connectivity index (χ1) is 7.19. The zero-order valence-corrected chi connectivity index (χ0v) is 8.03. The summed E-state index contributed by atoms with van der Waals surface area (Å²) >= 11 is 0. The highest BCUT2D eigenvalue weighted by Gasteiger charge is 2.06. The van der Waals surface area contributed by atoms with Crippen molar-refractivity contribution < 1.29 is 9.90 Å². The number of fused-ring (bicyclic) bond motifs is 1. The van der Waals surface area contributed by atoms with Crippen molar-refractivity contribution in [2.75, 3.05) is 0 Å². The Morgan fingerprint density at radius 1 is 1.53 bits per heavy atom. The Bertz CT molecular complexity index is 504. The molecule has 0 aliphatic carbocycles. The molecule has 0 radical (unpaired) electrons. The van der Waals surface area contributed by atoms with Crippen molar-refractivity contribution in [1.29, 1.82) is 0 Å². The fourth-order valence-electron chi connectivity index (χ4n) is 1.46. The van der Waals surface area contributed by atoms with Crippen molar-refractivity contribution in [2.45, 2.75) is 13.0 Å². The summed E-state index contributed by atoms with van der Waals surface area (Å²) in [6.45, 7) is 0.462. The van der Waals surface area contributed by atoms with Gasteiger partial charge in [-0.3, -0.25) is 4.79 Å². The lowest BCUT2D eigenvalue weighted by Gasteiger charge is -1.94. The molecule has 2 rings (SSSR count). The van der Waals surface area contributed by atoms with Crippen LogP contribution in [-0.4, -0.2) is 21.0 Å². The molecular formula is C10H11N3O2. The lowest BCUT2D eigenvalue weighted by atomic mass is 10.2. The average Bonchev–Trinajstić information content (AvgIpc) is 2.57. The van der Waals surface area contributed by atoms with Crippen LogP contribution in [-0.2, 0) is 17.8 Å². The fraction of sp³-hybridized carbons (Fsp3) is 0.200. The van der Waals surface area contributed by atoms with Crippen LogP contribution in [0.4, 0.5) is 0 Å². The number of carboxylic acids is 1. The van der Waals surface area contributed by atoms with Crippen molar-refractivity contribution in [3.05, 3.63) is 29.6 Å². The Hall–Kier alpha value is -1.88. The summed E-state index contributed by atoms with van der Waals surface area (Å²) in [5.74, 6) is -0.431. The van der Waals surface area contributed by atoms with Gasteiger partial charge in [0.25, 0.3) is 0 Å². The van der Waals surface area contributed by atoms with Crippen molar-refractivity contribution in [3.8, 4) is 0 Å². The minimum absolute atomic E-state index is 0.0906. The van der Waals surface area contributed by atoms with Crippen molar-refractivity contribution in [2.24, 2.45) is 5.73 Å². The lowest BCUT2D eigenvalue weighted by Crippen LogP contribution is -2.01. The number of rotatable bonds is 3. The van der Waals surface area contributed by atoms with Crippen LogP contribution >= 0.6 is 0 Å². The van der Waals surface area contributed by atoms with E-state index in [0.29, 0.717) is 12.4 Å². The minimum atomic E-state index is -0.895. The number of nitrogens with two attached hydrogens (primary N) is 1. The van der Waals surface area contributed by atoms with Gasteiger partial charge in [0.1, 0.15) is 12.2 Å². The second-order valence-corrected chi connectivity index (χ2v) is 3.31. The Morgan fingerprint density at radius 2 is 2.33 bits per heavy atom. The number of hydrogen-bond donors (Lipinski definition) is 3. The molecular weight excluding hydrogens is 194 g/mol. The van der Waals surface area contributed by atoms with Gasteiger partial charge >= 0.3 is 5.97 Å². The second-order valence-electron chi connectivity index (χ2n) is 3.31. The van der Waals surface area contributed by atoms with Crippen LogP contribution in [0.5, 0.6) is 0 Å². The zero-order valence-electron chi connectivity index (χ0n) is 8.03. The Kier molecular flexibility index (Phi) is 2.39. The summed E-state index contributed by atoms with van der Waals surface area (Å²) in [4.78, 5) is 17.6. The quantitative estimate of drug-likeness (QED) is 0.686. The predicted molar refractivity (Wildman–Crippen MR) is 55.3 cm³/mol. The molecule has 0 atom stereocenters. The van der Waals surface area contributed by atoms with Crippen LogP contribution in [0.3, 0.4) is 0 Å². The topological polar surface area (TPSA) is 92.0 Å². The van der Waals surface area contributed by atoms with Gasteiger partial charge in [-0.2, -0.15) is 0 Å². The molecule has 1 heterocycles. The molecule has 0 amide bonds. The predicted octanol–water partition coefficient (Wildman–Crippen LogP) is 0.649. The SMILES string of the molecule is NCc1ccc2nc(CC(=O)O)[nH]c2c1. The van der Waals surface area contributed by atoms with Crippen molar-refractivity contribution in [3.63, 3.8) is 0 Å². The first-order valence-corrected chi connectivity index (χ1v) is 4.58. The molecule has 78 valence electrons. The monoisotopic (exact) mass is 205 g/mol. The van der Waals surface area contributed by atoms with Gasteiger partial charge in [-0.05, 0) is 17.7 Å². The first kappa shape index (κ1) is 9.67. The fourth-order valence-corrected chi connectivity index (χ4v) is 1.46. The second kappa shape index (κ2) is 3.70. The number of hydrogen-bond acceptors (Lipinski definition) is 3. The summed E-state index contributed by atoms with van der Waals surface area (Å²) in [7, 11) is 0. The summed E-state index contributed by atoms with van der Waals surface area (Å²) in [6, 6.07) is 5.60. The number of nitrogens with one attached hydrogen (secondary N) is 1. The molecule has 2 aromatic rings. The molecule has 0 aliphatic rings. The van der Waals surface area contributed by atoms with E-state index in [1.165, 1.54) is 0 Å². The number of benzene rings is 1. The normalized spacial score (nSPS) is 10.7. The highest BCUT2D eigenvalue weighted by Crippen LogP contribution is 2.13. The zero-order chi connectivity index (χ0) is 10.8. The number of nitrogens with zero attached hydrogens (tertiary/aromatic N) is 1. The van der Waals surface area contributed by atoms with Gasteiger partial charge < -0.3 is 15.8 Å². The number of carboxylic acid groups (broad SMARTS) is 1. The molecule has 5 nitrogen and oxygen atoms in total. The highest BCUT2D eigenvalue weighted by atomic mass is 16.4. The molecule has 5 heteroatoms. The summed E-state index contributed by atoms with van der Waals surface area (Å²) in [5, 5.41) is 8.61. The minimum Gasteiger partial charge on any atom is -0.481 e. The van der Waals surface area contributed by atoms with Crippen LogP contribution in [0, 0.1) is 0 Å². The van der Waals surface area contributed by atoms with Crippen LogP contribution in [0.1, 0.15) is 11.4 Å². The van der Waals surface area contributed by atoms with Gasteiger partial charge in [0, 0.05) is 6.54 Å². The van der Waals surface area contributed by atoms with Gasteiger partial charge in [0.2, 0.25) is 0 Å². The van der Waals surface area contributed by atoms with Crippen LogP contribution in [0.2, 0.25) is 0 Å². The largest absolute Gasteiger partial charge is 0.481 e. The van der Waals surface area contributed by atoms with Gasteiger partial charge in [-0.15, -0.1) is 0 Å². The summed E-state index contributed by atoms with van der Waals surface area (Å²) < 4.78 is 0. The molecule has 1 aromatic carbocycles. The third kappa shape index (κ3) is 1.97. The molecule has 1 aromatic heterocycles. The van der Waals surface area contributed by atoms with Crippen LogP contribution in [0.15, 0.2) is 18.2 Å². The van der Waals surface area contributed by atoms with E-state index >= 15 is 0 Å². The van der Waals surface area contributed by atoms with Crippen LogP contribution < -0.4 is 5.73 Å². The van der Waals surface area contributed by atoms with Gasteiger partial charge in [-0.1, -0.05) is 6.07 Å². The lowest BCUT2D eigenvalue weighted by molar-refractivity contribution is -0.136. The highest BCUT2D eigenvalue weighted by molar-refractivity contribution is 5.77. The molecule has 4 N–H and O–H groups in total. The van der Waals surface area contributed by atoms with Gasteiger partial charge in [0.15, 0.2) is 0 Å². The Morgan fingerprint density at radius 3 is 3.00 bits per heavy atom. The van der Waals surface area contributed by atoms with E-state index in [-0.39, 0.29) is 6.42 Å². The van der Waals surface area contributed by atoms with Crippen molar-refractivity contribution >= 4 is 17.0 Å². The molecule has 0 spiro atoms. The van der Waals surface area contributed by atoms with Crippen LogP contribution in [0.25, 0.3) is 11.0 Å². The van der Waals surface area contributed by atoms with Gasteiger partial charge in [-0.25, -0.2) is 4.98 Å². The first-order valence-electron chi connectivity index (χ1n) is 4.58. The standard InChI is InChI=1S/C10H11N3O2/c11-5-6-1-2-7-8(3-6)13-9(12-7)4-10(14)15/h1-3H,4-5,11H2,(H,12,13)(H,14,15). The third-order valence-corrected chi connectivity index (χ3v) is 2.15. The number of carbonyl (C=O) groups is 1. The number of H-pyrrole nitrogens is 1. The molecule has 0 aliphatic heterocycles. The molecule has 0 fully saturated rings. The molecule has 0 saturated heterocycles. The van der Waals surface area contributed by atoms with Crippen molar-refractivity contribution in [1.82, 2.24) is 9.97 Å². The maximum absolute atomic E-state index is 10.5. The number of imidazole rings is 1. The number of aromatic amines is 1. The van der Waals surface area contributed by atoms with E-state index in [1.807, 2.05) is 18.2 Å². The maximum Gasteiger partial charge on any atom is 0.311 e. The number of aromatic nitrogens is 2. The van der Waals surface area contributed by atoms with Gasteiger partial charge in [0.05, 0.1) is 11.0 Å². The number of aliphatic carboxylic acids is 1.